The van der Waals surface area contributed by atoms with Crippen LogP contribution in [0, 0.1) is 30.0 Å². The Bertz CT molecular complexity index is 1000. The van der Waals surface area contributed by atoms with Gasteiger partial charge in [0.05, 0.1) is 18.3 Å². The lowest BCUT2D eigenvalue weighted by Crippen LogP contribution is -2.50. The van der Waals surface area contributed by atoms with E-state index in [1.807, 2.05) is 31.2 Å². The highest BCUT2D eigenvalue weighted by Gasteiger charge is 2.63. The Morgan fingerprint density at radius 3 is 2.86 bits per heavy atom. The zero-order valence-corrected chi connectivity index (χ0v) is 16.5. The van der Waals surface area contributed by atoms with Gasteiger partial charge in [0, 0.05) is 37.1 Å². The Morgan fingerprint density at radius 1 is 1.41 bits per heavy atom. The maximum absolute atomic E-state index is 13.1. The normalized spacial score (nSPS) is 25.8. The molecule has 152 valence electrons. The van der Waals surface area contributed by atoms with Gasteiger partial charge in [-0.25, -0.2) is 14.4 Å². The summed E-state index contributed by atoms with van der Waals surface area (Å²) in [4.78, 5) is 25.2. The molecule has 2 aromatic rings. The van der Waals surface area contributed by atoms with Crippen LogP contribution in [0.15, 0.2) is 47.4 Å². The van der Waals surface area contributed by atoms with Gasteiger partial charge in [0.2, 0.25) is 5.91 Å². The zero-order chi connectivity index (χ0) is 20.6. The molecule has 3 N–H and O–H groups in total. The van der Waals surface area contributed by atoms with Crippen LogP contribution in [-0.2, 0) is 4.79 Å². The summed E-state index contributed by atoms with van der Waals surface area (Å²) in [5.74, 6) is 0.159. The number of hydrogen-bond acceptors (Lipinski definition) is 5. The van der Waals surface area contributed by atoms with Gasteiger partial charge < -0.3 is 11.1 Å². The Balaban J connectivity index is 0.00000256. The zero-order valence-electron chi connectivity index (χ0n) is 16.5. The number of carbonyl (C=O) groups is 1. The number of nitrogens with zero attached hydrogens (tertiary/aromatic N) is 3. The predicted molar refractivity (Wildman–Crippen MR) is 113 cm³/mol. The van der Waals surface area contributed by atoms with Gasteiger partial charge in [-0.2, -0.15) is 0 Å². The van der Waals surface area contributed by atoms with Crippen LogP contribution in [0.25, 0.3) is 11.4 Å². The molecule has 1 heterocycles. The second kappa shape index (κ2) is 7.39. The van der Waals surface area contributed by atoms with Crippen molar-refractivity contribution in [1.82, 2.24) is 9.97 Å². The number of aliphatic imine (C=N–C) groups is 1. The maximum Gasteiger partial charge on any atom is 0.228 e. The first-order valence-corrected chi connectivity index (χ1v) is 9.72. The molecule has 3 aliphatic carbocycles. The molecule has 3 fully saturated rings. The lowest BCUT2D eigenvalue weighted by molar-refractivity contribution is -0.129. The number of rotatable bonds is 5. The fourth-order valence-electron chi connectivity index (χ4n) is 4.81. The molecule has 29 heavy (non-hydrogen) atoms. The first kappa shape index (κ1) is 19.2. The summed E-state index contributed by atoms with van der Waals surface area (Å²) in [6.07, 6.45) is 8.66. The topological polar surface area (TPSA) is 93.3 Å². The largest absolute Gasteiger partial charge is 0.402 e. The maximum atomic E-state index is 13.1. The summed E-state index contributed by atoms with van der Waals surface area (Å²) in [6, 6.07) is 5.59. The van der Waals surface area contributed by atoms with Gasteiger partial charge >= 0.3 is 0 Å². The summed E-state index contributed by atoms with van der Waals surface area (Å²) in [6.45, 7) is 1.93. The summed E-state index contributed by atoms with van der Waals surface area (Å²) < 4.78 is 13.1. The Morgan fingerprint density at radius 2 is 2.17 bits per heavy atom. The van der Waals surface area contributed by atoms with E-state index in [-0.39, 0.29) is 18.7 Å². The number of amides is 1. The molecule has 1 amide bonds. The van der Waals surface area contributed by atoms with Crippen molar-refractivity contribution in [1.29, 1.82) is 0 Å². The minimum Gasteiger partial charge on any atom is -0.402 e. The lowest BCUT2D eigenvalue weighted by Gasteiger charge is -2.46. The van der Waals surface area contributed by atoms with E-state index < -0.39 is 5.82 Å². The van der Waals surface area contributed by atoms with Gasteiger partial charge in [-0.05, 0) is 55.9 Å². The highest BCUT2D eigenvalue weighted by Crippen LogP contribution is 2.65. The number of nitrogens with two attached hydrogens (primary N) is 1. The highest BCUT2D eigenvalue weighted by atomic mass is 19.1. The second-order valence-corrected chi connectivity index (χ2v) is 7.91. The molecule has 3 aliphatic rings. The third kappa shape index (κ3) is 3.30. The van der Waals surface area contributed by atoms with Crippen molar-refractivity contribution in [3.8, 4) is 11.4 Å². The van der Waals surface area contributed by atoms with Crippen LogP contribution in [0.5, 0.6) is 0 Å². The van der Waals surface area contributed by atoms with Crippen LogP contribution in [0.4, 0.5) is 10.1 Å². The second-order valence-electron chi connectivity index (χ2n) is 7.91. The van der Waals surface area contributed by atoms with Crippen LogP contribution < -0.4 is 11.1 Å². The van der Waals surface area contributed by atoms with E-state index in [9.17, 15) is 9.18 Å². The number of aryl methyl sites for hydroxylation is 1. The van der Waals surface area contributed by atoms with Crippen LogP contribution >= 0.6 is 0 Å². The molecule has 0 radical (unpaired) electrons. The average molecular weight is 395 g/mol. The Hall–Kier alpha value is -3.09. The van der Waals surface area contributed by atoms with Gasteiger partial charge in [-0.3, -0.25) is 9.79 Å². The molecule has 0 spiro atoms. The Kier molecular flexibility index (Phi) is 4.90. The van der Waals surface area contributed by atoms with Crippen LogP contribution in [0.3, 0.4) is 0 Å². The van der Waals surface area contributed by atoms with Crippen LogP contribution in [-0.4, -0.2) is 29.1 Å². The smallest absolute Gasteiger partial charge is 0.228 e. The quantitative estimate of drug-likeness (QED) is 0.754. The average Bonchev–Trinajstić information content (AvgIpc) is 3.29. The van der Waals surface area contributed by atoms with Crippen molar-refractivity contribution in [2.45, 2.75) is 26.2 Å². The molecule has 2 bridgehead atoms. The minimum absolute atomic E-state index is 0. The Labute approximate surface area is 170 Å². The SMILES string of the molecule is CN=C/C=C(\N)C12CCC(C1)C2C(=O)Nc1ccc(C)c(-c2ncc(F)cn2)c1.[HH]. The number of allylic oxidation sites excluding steroid dienone is 2. The molecule has 0 aliphatic heterocycles. The predicted octanol–water partition coefficient (Wildman–Crippen LogP) is 3.74. The number of aromatic nitrogens is 2. The fourth-order valence-corrected chi connectivity index (χ4v) is 4.81. The lowest BCUT2D eigenvalue weighted by atomic mass is 9.58. The van der Waals surface area contributed by atoms with Crippen molar-refractivity contribution in [3.05, 3.63) is 53.7 Å². The summed E-state index contributed by atoms with van der Waals surface area (Å²) >= 11 is 0. The number of hydrogen-bond donors (Lipinski definition) is 2. The molecule has 3 saturated carbocycles. The molecule has 1 aromatic carbocycles. The van der Waals surface area contributed by atoms with Crippen molar-refractivity contribution in [3.63, 3.8) is 0 Å². The summed E-state index contributed by atoms with van der Waals surface area (Å²) in [5.41, 5.74) is 9.18. The third-order valence-electron chi connectivity index (χ3n) is 6.28. The molecular weight excluding hydrogens is 369 g/mol. The number of fused-ring (bicyclic) bond motifs is 1. The summed E-state index contributed by atoms with van der Waals surface area (Å²) in [7, 11) is 1.70. The fraction of sp³-hybridized carbons (Fsp3) is 0.364. The third-order valence-corrected chi connectivity index (χ3v) is 6.28. The monoisotopic (exact) mass is 395 g/mol. The molecule has 6 nitrogen and oxygen atoms in total. The van der Waals surface area contributed by atoms with Gasteiger partial charge in [-0.1, -0.05) is 6.07 Å². The van der Waals surface area contributed by atoms with Gasteiger partial charge in [0.25, 0.3) is 0 Å². The molecular formula is C22H26FN5O. The highest BCUT2D eigenvalue weighted by molar-refractivity contribution is 5.95. The van der Waals surface area contributed by atoms with Gasteiger partial charge in [-0.15, -0.1) is 0 Å². The van der Waals surface area contributed by atoms with Gasteiger partial charge in [0.1, 0.15) is 0 Å². The van der Waals surface area contributed by atoms with E-state index >= 15 is 0 Å². The molecule has 5 rings (SSSR count). The molecule has 1 aromatic heterocycles. The van der Waals surface area contributed by atoms with Gasteiger partial charge in [0.15, 0.2) is 11.6 Å². The van der Waals surface area contributed by atoms with E-state index in [2.05, 4.69) is 20.3 Å². The van der Waals surface area contributed by atoms with Crippen molar-refractivity contribution in [2.24, 2.45) is 28.0 Å². The first-order chi connectivity index (χ1) is 13.9. The number of anilines is 1. The number of benzene rings is 1. The van der Waals surface area contributed by atoms with Crippen molar-refractivity contribution < 1.29 is 10.6 Å². The van der Waals surface area contributed by atoms with Crippen LogP contribution in [0.2, 0.25) is 0 Å². The van der Waals surface area contributed by atoms with E-state index in [0.717, 1.165) is 48.5 Å². The standard InChI is InChI=1S/C22H24FN5O.H2/c1-13-3-4-16(9-17(13)20-26-11-15(23)12-27-20)28-21(29)19-14-5-7-22(19,10-14)18(24)6-8-25-2;/h3-4,6,8-9,11-12,14,19H,5,7,10,24H2,1-2H3,(H,28,29);1H/b18-6-,25-8?;. The van der Waals surface area contributed by atoms with E-state index in [1.165, 1.54) is 0 Å². The van der Waals surface area contributed by atoms with Crippen molar-refractivity contribution >= 4 is 17.8 Å². The van der Waals surface area contributed by atoms with E-state index in [4.69, 9.17) is 5.73 Å². The molecule has 3 unspecified atom stereocenters. The number of nitrogens with one attached hydrogen (secondary N) is 1. The van der Waals surface area contributed by atoms with E-state index in [1.54, 1.807) is 13.3 Å². The molecule has 7 heteroatoms. The van der Waals surface area contributed by atoms with Crippen LogP contribution in [0.1, 0.15) is 26.3 Å². The minimum atomic E-state index is -0.486. The number of carbonyl (C=O) groups excluding carboxylic acids is 1. The number of halogens is 1. The first-order valence-electron chi connectivity index (χ1n) is 9.72. The van der Waals surface area contributed by atoms with E-state index in [0.29, 0.717) is 17.4 Å². The summed E-state index contributed by atoms with van der Waals surface area (Å²) in [5, 5.41) is 3.04. The molecule has 0 saturated heterocycles. The van der Waals surface area contributed by atoms with Crippen molar-refractivity contribution in [2.75, 3.05) is 12.4 Å². The molecule has 3 atom stereocenters.